The second-order valence-electron chi connectivity index (χ2n) is 2.79. The third kappa shape index (κ3) is 9.44. The second-order valence-corrected chi connectivity index (χ2v) is 2.79. The van der Waals surface area contributed by atoms with Gasteiger partial charge in [-0.3, -0.25) is 0 Å². The summed E-state index contributed by atoms with van der Waals surface area (Å²) in [5, 5.41) is 3.33. The van der Waals surface area contributed by atoms with E-state index in [1.165, 1.54) is 6.42 Å². The number of rotatable bonds is 6. The van der Waals surface area contributed by atoms with Gasteiger partial charge < -0.3 is 5.32 Å². The van der Waals surface area contributed by atoms with Crippen LogP contribution in [0.3, 0.4) is 0 Å². The Morgan fingerprint density at radius 1 is 1.45 bits per heavy atom. The average molecular weight is 153 g/mol. The van der Waals surface area contributed by atoms with Gasteiger partial charge in [0.2, 0.25) is 0 Å². The first kappa shape index (κ1) is 10.4. The maximum Gasteiger partial charge on any atom is -0.00142 e. The van der Waals surface area contributed by atoms with Crippen molar-refractivity contribution in [1.29, 1.82) is 0 Å². The highest BCUT2D eigenvalue weighted by Crippen LogP contribution is 1.90. The maximum absolute atomic E-state index is 3.78. The van der Waals surface area contributed by atoms with Gasteiger partial charge in [0, 0.05) is 0 Å². The summed E-state index contributed by atoms with van der Waals surface area (Å²) in [5.41, 5.74) is 1.13. The highest BCUT2D eigenvalue weighted by Gasteiger charge is 1.81. The first-order valence-electron chi connectivity index (χ1n) is 4.30. The minimum absolute atomic E-state index is 1.08. The summed E-state index contributed by atoms with van der Waals surface area (Å²) in [6.45, 7) is 10.2. The third-order valence-corrected chi connectivity index (χ3v) is 1.32. The van der Waals surface area contributed by atoms with Crippen molar-refractivity contribution in [2.75, 3.05) is 13.1 Å². The van der Waals surface area contributed by atoms with Crippen molar-refractivity contribution in [1.82, 2.24) is 5.32 Å². The lowest BCUT2D eigenvalue weighted by Gasteiger charge is -1.97. The van der Waals surface area contributed by atoms with E-state index < -0.39 is 0 Å². The Balaban J connectivity index is 3.07. The van der Waals surface area contributed by atoms with Crippen molar-refractivity contribution in [3.63, 3.8) is 0 Å². The van der Waals surface area contributed by atoms with Crippen LogP contribution in [0.4, 0.5) is 0 Å². The van der Waals surface area contributed by atoms with Gasteiger partial charge in [-0.1, -0.05) is 31.2 Å². The molecule has 1 nitrogen and oxygen atoms in total. The van der Waals surface area contributed by atoms with E-state index >= 15 is 0 Å². The summed E-state index contributed by atoms with van der Waals surface area (Å²) in [6, 6.07) is 0. The predicted octanol–water partition coefficient (Wildman–Crippen LogP) is 2.51. The van der Waals surface area contributed by atoms with Gasteiger partial charge >= 0.3 is 0 Å². The molecule has 0 radical (unpaired) electrons. The Labute approximate surface area is 70.2 Å². The highest BCUT2D eigenvalue weighted by molar-refractivity contribution is 5.10. The van der Waals surface area contributed by atoms with Gasteiger partial charge in [0.15, 0.2) is 0 Å². The van der Waals surface area contributed by atoms with Gasteiger partial charge in [-0.05, 0) is 32.9 Å². The van der Waals surface area contributed by atoms with E-state index in [2.05, 4.69) is 31.0 Å². The van der Waals surface area contributed by atoms with Crippen molar-refractivity contribution in [2.45, 2.75) is 26.7 Å². The van der Waals surface area contributed by atoms with Gasteiger partial charge in [0.1, 0.15) is 0 Å². The SMILES string of the molecule is C=C(C)C=CCCNCCC. The lowest BCUT2D eigenvalue weighted by atomic mass is 10.3. The fourth-order valence-corrected chi connectivity index (χ4v) is 0.772. The molecule has 0 aliphatic heterocycles. The molecule has 0 heterocycles. The van der Waals surface area contributed by atoms with Crippen LogP contribution in [-0.2, 0) is 0 Å². The van der Waals surface area contributed by atoms with E-state index in [1.54, 1.807) is 0 Å². The Morgan fingerprint density at radius 2 is 2.18 bits per heavy atom. The molecule has 0 unspecified atom stereocenters. The predicted molar refractivity (Wildman–Crippen MR) is 51.7 cm³/mol. The van der Waals surface area contributed by atoms with E-state index in [4.69, 9.17) is 0 Å². The summed E-state index contributed by atoms with van der Waals surface area (Å²) < 4.78 is 0. The van der Waals surface area contributed by atoms with Crippen LogP contribution in [0.15, 0.2) is 24.3 Å². The molecule has 0 aromatic heterocycles. The number of hydrogen-bond donors (Lipinski definition) is 1. The molecule has 1 N–H and O–H groups in total. The Morgan fingerprint density at radius 3 is 2.73 bits per heavy atom. The van der Waals surface area contributed by atoms with Crippen LogP contribution in [0.2, 0.25) is 0 Å². The van der Waals surface area contributed by atoms with Gasteiger partial charge in [-0.2, -0.15) is 0 Å². The van der Waals surface area contributed by atoms with Crippen LogP contribution < -0.4 is 5.32 Å². The summed E-state index contributed by atoms with van der Waals surface area (Å²) in [4.78, 5) is 0. The standard InChI is InChI=1S/C10H19N/c1-4-8-11-9-6-5-7-10(2)3/h5,7,11H,2,4,6,8-9H2,1,3H3. The molecule has 0 amide bonds. The van der Waals surface area contributed by atoms with Crippen LogP contribution in [-0.4, -0.2) is 13.1 Å². The quantitative estimate of drug-likeness (QED) is 0.456. The first-order chi connectivity index (χ1) is 5.27. The maximum atomic E-state index is 3.78. The zero-order chi connectivity index (χ0) is 8.53. The summed E-state index contributed by atoms with van der Waals surface area (Å²) >= 11 is 0. The molecule has 0 saturated carbocycles. The van der Waals surface area contributed by atoms with Crippen LogP contribution in [0.1, 0.15) is 26.7 Å². The van der Waals surface area contributed by atoms with Crippen molar-refractivity contribution < 1.29 is 0 Å². The monoisotopic (exact) mass is 153 g/mol. The molecule has 0 saturated heterocycles. The molecule has 0 aliphatic rings. The summed E-state index contributed by atoms with van der Waals surface area (Å²) in [6.07, 6.45) is 6.54. The molecule has 64 valence electrons. The molecule has 0 rings (SSSR count). The lowest BCUT2D eigenvalue weighted by molar-refractivity contribution is 0.678. The normalized spacial score (nSPS) is 10.7. The van der Waals surface area contributed by atoms with E-state index in [1.807, 2.05) is 6.92 Å². The smallest absolute Gasteiger partial charge is 0.00142 e. The molecular weight excluding hydrogens is 134 g/mol. The Hall–Kier alpha value is -0.560. The molecule has 0 fully saturated rings. The van der Waals surface area contributed by atoms with Crippen molar-refractivity contribution >= 4 is 0 Å². The Bertz CT molecular complexity index is 125. The fraction of sp³-hybridized carbons (Fsp3) is 0.600. The Kier molecular flexibility index (Phi) is 7.16. The van der Waals surface area contributed by atoms with Crippen molar-refractivity contribution in [3.05, 3.63) is 24.3 Å². The zero-order valence-corrected chi connectivity index (χ0v) is 7.69. The molecule has 0 bridgehead atoms. The molecule has 0 atom stereocenters. The van der Waals surface area contributed by atoms with Gasteiger partial charge in [-0.15, -0.1) is 0 Å². The van der Waals surface area contributed by atoms with Crippen LogP contribution >= 0.6 is 0 Å². The lowest BCUT2D eigenvalue weighted by Crippen LogP contribution is -2.14. The topological polar surface area (TPSA) is 12.0 Å². The average Bonchev–Trinajstić information content (AvgIpc) is 1.96. The third-order valence-electron chi connectivity index (χ3n) is 1.32. The largest absolute Gasteiger partial charge is 0.316 e. The highest BCUT2D eigenvalue weighted by atomic mass is 14.8. The molecule has 11 heavy (non-hydrogen) atoms. The molecule has 1 heteroatoms. The first-order valence-corrected chi connectivity index (χ1v) is 4.30. The molecule has 0 aromatic carbocycles. The van der Waals surface area contributed by atoms with E-state index in [0.29, 0.717) is 0 Å². The van der Waals surface area contributed by atoms with E-state index in [-0.39, 0.29) is 0 Å². The second kappa shape index (κ2) is 7.55. The van der Waals surface area contributed by atoms with E-state index in [9.17, 15) is 0 Å². The number of nitrogens with one attached hydrogen (secondary N) is 1. The number of hydrogen-bond acceptors (Lipinski definition) is 1. The van der Waals surface area contributed by atoms with Gasteiger partial charge in [0.25, 0.3) is 0 Å². The van der Waals surface area contributed by atoms with Crippen molar-refractivity contribution in [2.24, 2.45) is 0 Å². The molecule has 0 aromatic rings. The van der Waals surface area contributed by atoms with Gasteiger partial charge in [0.05, 0.1) is 0 Å². The van der Waals surface area contributed by atoms with Crippen LogP contribution in [0, 0.1) is 0 Å². The summed E-state index contributed by atoms with van der Waals surface area (Å²) in [5.74, 6) is 0. The van der Waals surface area contributed by atoms with Crippen LogP contribution in [0.5, 0.6) is 0 Å². The minimum atomic E-state index is 1.08. The van der Waals surface area contributed by atoms with Crippen LogP contribution in [0.25, 0.3) is 0 Å². The molecule has 0 spiro atoms. The van der Waals surface area contributed by atoms with Gasteiger partial charge in [-0.25, -0.2) is 0 Å². The molecule has 0 aliphatic carbocycles. The zero-order valence-electron chi connectivity index (χ0n) is 7.69. The fourth-order valence-electron chi connectivity index (χ4n) is 0.772. The summed E-state index contributed by atoms with van der Waals surface area (Å²) in [7, 11) is 0. The minimum Gasteiger partial charge on any atom is -0.316 e. The van der Waals surface area contributed by atoms with E-state index in [0.717, 1.165) is 25.1 Å². The molecular formula is C10H19N. The number of allylic oxidation sites excluding steroid dienone is 2. The van der Waals surface area contributed by atoms with Crippen molar-refractivity contribution in [3.8, 4) is 0 Å².